The standard InChI is InChI=1S/C27H25NO5/c1-31-25(30)26-19-27(21-13-7-3-8-14-21,22-15-9-4-10-16-22)33-32-23(26)18-28(24(26)29)17-20-11-5-2-6-12-20/h2-16,23H,17-19H2,1H3. The van der Waals surface area contributed by atoms with Crippen molar-refractivity contribution in [1.29, 1.82) is 0 Å². The minimum Gasteiger partial charge on any atom is -0.468 e. The number of rotatable bonds is 5. The first-order valence-electron chi connectivity index (χ1n) is 11.0. The third-order valence-electron chi connectivity index (χ3n) is 6.69. The third-order valence-corrected chi connectivity index (χ3v) is 6.69. The molecule has 6 heteroatoms. The van der Waals surface area contributed by atoms with Gasteiger partial charge in [0.25, 0.3) is 0 Å². The molecule has 2 aliphatic rings. The van der Waals surface area contributed by atoms with Crippen LogP contribution in [0.1, 0.15) is 23.1 Å². The van der Waals surface area contributed by atoms with Crippen LogP contribution in [0.15, 0.2) is 91.0 Å². The molecule has 0 bridgehead atoms. The van der Waals surface area contributed by atoms with Crippen molar-refractivity contribution in [2.45, 2.75) is 24.7 Å². The van der Waals surface area contributed by atoms with E-state index in [1.165, 1.54) is 7.11 Å². The monoisotopic (exact) mass is 443 g/mol. The molecule has 33 heavy (non-hydrogen) atoms. The van der Waals surface area contributed by atoms with Crippen LogP contribution in [0.2, 0.25) is 0 Å². The molecule has 2 fully saturated rings. The number of ether oxygens (including phenoxy) is 1. The number of hydrogen-bond acceptors (Lipinski definition) is 5. The van der Waals surface area contributed by atoms with Crippen LogP contribution in [-0.4, -0.2) is 36.5 Å². The predicted molar refractivity (Wildman–Crippen MR) is 121 cm³/mol. The van der Waals surface area contributed by atoms with E-state index < -0.39 is 23.1 Å². The molecule has 0 aliphatic carbocycles. The van der Waals surface area contributed by atoms with Crippen LogP contribution in [0.25, 0.3) is 0 Å². The second-order valence-electron chi connectivity index (χ2n) is 8.54. The number of hydrogen-bond donors (Lipinski definition) is 0. The fraction of sp³-hybridized carbons (Fsp3) is 0.259. The first-order valence-corrected chi connectivity index (χ1v) is 11.0. The van der Waals surface area contributed by atoms with Crippen LogP contribution in [0, 0.1) is 5.41 Å². The van der Waals surface area contributed by atoms with Crippen LogP contribution in [0.5, 0.6) is 0 Å². The van der Waals surface area contributed by atoms with E-state index in [9.17, 15) is 9.59 Å². The molecule has 6 nitrogen and oxygen atoms in total. The molecule has 0 saturated carbocycles. The smallest absolute Gasteiger partial charge is 0.324 e. The zero-order chi connectivity index (χ0) is 22.9. The van der Waals surface area contributed by atoms with E-state index in [0.717, 1.165) is 16.7 Å². The lowest BCUT2D eigenvalue weighted by Gasteiger charge is -2.45. The highest BCUT2D eigenvalue weighted by atomic mass is 17.2. The van der Waals surface area contributed by atoms with Crippen molar-refractivity contribution in [3.8, 4) is 0 Å². The van der Waals surface area contributed by atoms with E-state index in [1.807, 2.05) is 91.0 Å². The van der Waals surface area contributed by atoms with Gasteiger partial charge >= 0.3 is 5.97 Å². The quantitative estimate of drug-likeness (QED) is 0.341. The van der Waals surface area contributed by atoms with Crippen LogP contribution in [0.4, 0.5) is 0 Å². The molecule has 3 aromatic rings. The largest absolute Gasteiger partial charge is 0.468 e. The van der Waals surface area contributed by atoms with Crippen molar-refractivity contribution in [1.82, 2.24) is 4.90 Å². The Morgan fingerprint density at radius 2 is 1.48 bits per heavy atom. The van der Waals surface area contributed by atoms with Gasteiger partial charge < -0.3 is 9.64 Å². The Morgan fingerprint density at radius 1 is 0.939 bits per heavy atom. The highest BCUT2D eigenvalue weighted by molar-refractivity contribution is 6.05. The number of amides is 1. The lowest BCUT2D eigenvalue weighted by atomic mass is 9.69. The normalized spacial score (nSPS) is 23.7. The number of fused-ring (bicyclic) bond motifs is 1. The Bertz CT molecular complexity index is 1100. The minimum absolute atomic E-state index is 0.0789. The summed E-state index contributed by atoms with van der Waals surface area (Å²) in [5, 5.41) is 0. The lowest BCUT2D eigenvalue weighted by molar-refractivity contribution is -0.417. The van der Waals surface area contributed by atoms with Crippen LogP contribution < -0.4 is 0 Å². The second-order valence-corrected chi connectivity index (χ2v) is 8.54. The molecule has 0 radical (unpaired) electrons. The lowest BCUT2D eigenvalue weighted by Crippen LogP contribution is -2.56. The molecule has 2 heterocycles. The molecule has 5 rings (SSSR count). The van der Waals surface area contributed by atoms with E-state index >= 15 is 0 Å². The highest BCUT2D eigenvalue weighted by Crippen LogP contribution is 2.53. The Labute approximate surface area is 192 Å². The van der Waals surface area contributed by atoms with Gasteiger partial charge in [-0.3, -0.25) is 9.59 Å². The first-order chi connectivity index (χ1) is 16.1. The summed E-state index contributed by atoms with van der Waals surface area (Å²) in [6.45, 7) is 0.616. The highest BCUT2D eigenvalue weighted by Gasteiger charge is 2.68. The molecule has 2 saturated heterocycles. The van der Waals surface area contributed by atoms with Crippen LogP contribution >= 0.6 is 0 Å². The molecule has 0 N–H and O–H groups in total. The minimum atomic E-state index is -1.52. The Kier molecular flexibility index (Phi) is 5.48. The third kappa shape index (κ3) is 3.43. The fourth-order valence-electron chi connectivity index (χ4n) is 5.02. The maximum atomic E-state index is 13.9. The van der Waals surface area contributed by atoms with Crippen molar-refractivity contribution in [3.05, 3.63) is 108 Å². The molecule has 0 aromatic heterocycles. The molecule has 0 spiro atoms. The summed E-state index contributed by atoms with van der Waals surface area (Å²) in [5.41, 5.74) is -0.0960. The van der Waals surface area contributed by atoms with Crippen molar-refractivity contribution in [3.63, 3.8) is 0 Å². The summed E-state index contributed by atoms with van der Waals surface area (Å²) in [4.78, 5) is 40.9. The molecule has 168 valence electrons. The number of esters is 1. The van der Waals surface area contributed by atoms with Crippen molar-refractivity contribution < 1.29 is 24.1 Å². The number of likely N-dealkylation sites (tertiary alicyclic amines) is 1. The average molecular weight is 443 g/mol. The summed E-state index contributed by atoms with van der Waals surface area (Å²) in [6, 6.07) is 28.8. The van der Waals surface area contributed by atoms with E-state index in [4.69, 9.17) is 14.5 Å². The van der Waals surface area contributed by atoms with Crippen molar-refractivity contribution in [2.24, 2.45) is 5.41 Å². The Morgan fingerprint density at radius 3 is 2.03 bits per heavy atom. The summed E-state index contributed by atoms with van der Waals surface area (Å²) < 4.78 is 5.21. The Balaban J connectivity index is 1.60. The van der Waals surface area contributed by atoms with Gasteiger partial charge in [-0.2, -0.15) is 0 Å². The summed E-state index contributed by atoms with van der Waals surface area (Å²) >= 11 is 0. The zero-order valence-electron chi connectivity index (χ0n) is 18.3. The SMILES string of the molecule is COC(=O)C12CC(c3ccccc3)(c3ccccc3)OOC1CN(Cc1ccccc1)C2=O. The molecule has 1 amide bonds. The molecule has 2 unspecified atom stereocenters. The average Bonchev–Trinajstić information content (AvgIpc) is 3.16. The predicted octanol–water partition coefficient (Wildman–Crippen LogP) is 3.85. The topological polar surface area (TPSA) is 65.1 Å². The summed E-state index contributed by atoms with van der Waals surface area (Å²) in [5.74, 6) is -0.907. The van der Waals surface area contributed by atoms with Crippen molar-refractivity contribution in [2.75, 3.05) is 13.7 Å². The number of nitrogens with zero attached hydrogens (tertiary/aromatic N) is 1. The van der Waals surface area contributed by atoms with E-state index in [1.54, 1.807) is 4.90 Å². The maximum Gasteiger partial charge on any atom is 0.324 e. The van der Waals surface area contributed by atoms with Gasteiger partial charge in [0.05, 0.1) is 13.7 Å². The fourth-order valence-corrected chi connectivity index (χ4v) is 5.02. The molecular weight excluding hydrogens is 418 g/mol. The number of benzene rings is 3. The number of methoxy groups -OCH3 is 1. The van der Waals surface area contributed by atoms with E-state index in [-0.39, 0.29) is 18.9 Å². The van der Waals surface area contributed by atoms with Crippen molar-refractivity contribution >= 4 is 11.9 Å². The number of carbonyl (C=O) groups excluding carboxylic acids is 2. The summed E-state index contributed by atoms with van der Waals surface area (Å²) in [6.07, 6.45) is -0.697. The molecule has 2 atom stereocenters. The van der Waals surface area contributed by atoms with Gasteiger partial charge in [-0.25, -0.2) is 9.78 Å². The summed E-state index contributed by atoms with van der Waals surface area (Å²) in [7, 11) is 1.31. The van der Waals surface area contributed by atoms with Gasteiger partial charge in [-0.1, -0.05) is 91.0 Å². The maximum absolute atomic E-state index is 13.9. The van der Waals surface area contributed by atoms with Gasteiger partial charge in [0.15, 0.2) is 11.0 Å². The molecule has 3 aromatic carbocycles. The molecular formula is C27H25NO5. The van der Waals surface area contributed by atoms with Gasteiger partial charge in [0.2, 0.25) is 5.91 Å². The van der Waals surface area contributed by atoms with Gasteiger partial charge in [-0.05, 0) is 16.7 Å². The second kappa shape index (κ2) is 8.46. The van der Waals surface area contributed by atoms with Crippen LogP contribution in [-0.2, 0) is 36.2 Å². The number of carbonyl (C=O) groups is 2. The van der Waals surface area contributed by atoms with Gasteiger partial charge in [-0.15, -0.1) is 0 Å². The van der Waals surface area contributed by atoms with Crippen LogP contribution in [0.3, 0.4) is 0 Å². The first kappa shape index (κ1) is 21.4. The molecule has 2 aliphatic heterocycles. The zero-order valence-corrected chi connectivity index (χ0v) is 18.3. The van der Waals surface area contributed by atoms with E-state index in [0.29, 0.717) is 6.54 Å². The van der Waals surface area contributed by atoms with Gasteiger partial charge in [0, 0.05) is 13.0 Å². The Hall–Kier alpha value is -3.48. The van der Waals surface area contributed by atoms with E-state index in [2.05, 4.69) is 0 Å². The van der Waals surface area contributed by atoms with Gasteiger partial charge in [0.1, 0.15) is 6.10 Å².